The summed E-state index contributed by atoms with van der Waals surface area (Å²) in [5.74, 6) is -2.48. The van der Waals surface area contributed by atoms with Crippen molar-refractivity contribution in [3.05, 3.63) is 104 Å². The Hall–Kier alpha value is -5.45. The van der Waals surface area contributed by atoms with Gasteiger partial charge in [0, 0.05) is 57.6 Å². The molecule has 2 aliphatic heterocycles. The van der Waals surface area contributed by atoms with E-state index in [1.165, 1.54) is 16.5 Å². The molecule has 1 fully saturated rings. The highest BCUT2D eigenvalue weighted by atomic mass is 32.1. The number of benzene rings is 2. The number of carbonyl (C=O) groups is 4. The van der Waals surface area contributed by atoms with Crippen molar-refractivity contribution in [3.63, 3.8) is 0 Å². The summed E-state index contributed by atoms with van der Waals surface area (Å²) >= 11 is 1.73. The fourth-order valence-electron chi connectivity index (χ4n) is 6.72. The summed E-state index contributed by atoms with van der Waals surface area (Å²) in [5, 5.41) is 23.1. The minimum absolute atomic E-state index is 0.0402. The summed E-state index contributed by atoms with van der Waals surface area (Å²) in [7, 11) is 0. The van der Waals surface area contributed by atoms with E-state index in [9.17, 15) is 24.6 Å². The zero-order valence-corrected chi connectivity index (χ0v) is 32.6. The maximum absolute atomic E-state index is 13.4. The van der Waals surface area contributed by atoms with Crippen LogP contribution in [0.25, 0.3) is 0 Å². The first-order valence-corrected chi connectivity index (χ1v) is 19.1. The molecule has 5 rings (SSSR count). The number of amides is 4. The van der Waals surface area contributed by atoms with E-state index in [4.69, 9.17) is 15.1 Å². The molecule has 0 bridgehead atoms. The van der Waals surface area contributed by atoms with E-state index in [0.29, 0.717) is 36.5 Å². The Kier molecular flexibility index (Phi) is 12.6. The van der Waals surface area contributed by atoms with Gasteiger partial charge in [-0.1, -0.05) is 50.8 Å². The predicted molar refractivity (Wildman–Crippen MR) is 213 cm³/mol. The van der Waals surface area contributed by atoms with Crippen LogP contribution in [0.4, 0.5) is 0 Å². The van der Waals surface area contributed by atoms with Crippen molar-refractivity contribution in [2.24, 2.45) is 10.9 Å². The van der Waals surface area contributed by atoms with Crippen LogP contribution in [0.1, 0.15) is 99.2 Å². The van der Waals surface area contributed by atoms with Crippen molar-refractivity contribution < 1.29 is 23.9 Å². The third kappa shape index (κ3) is 8.35. The first-order valence-electron chi connectivity index (χ1n) is 18.2. The lowest BCUT2D eigenvalue weighted by atomic mass is 9.91. The van der Waals surface area contributed by atoms with Gasteiger partial charge in [0.15, 0.2) is 0 Å². The molecular weight excluding hydrogens is 701 g/mol. The van der Waals surface area contributed by atoms with E-state index < -0.39 is 41.6 Å². The first kappa shape index (κ1) is 39.8. The van der Waals surface area contributed by atoms with Gasteiger partial charge in [-0.3, -0.25) is 34.4 Å². The molecule has 3 heterocycles. The largest absolute Gasteiger partial charge is 0.493 e. The monoisotopic (exact) mass is 748 g/mol. The zero-order valence-electron chi connectivity index (χ0n) is 31.8. The number of ether oxygens (including phenoxy) is 1. The number of nitrogens with zero attached hydrogens (tertiary/aromatic N) is 2. The number of rotatable bonds is 16. The summed E-state index contributed by atoms with van der Waals surface area (Å²) in [6.45, 7) is 16.6. The van der Waals surface area contributed by atoms with Crippen LogP contribution in [-0.2, 0) is 16.0 Å². The van der Waals surface area contributed by atoms with Crippen LogP contribution in [-0.4, -0.2) is 70.9 Å². The van der Waals surface area contributed by atoms with Gasteiger partial charge in [0.2, 0.25) is 11.8 Å². The molecule has 3 atom stereocenters. The molecule has 0 radical (unpaired) electrons. The molecule has 12 heteroatoms. The Balaban J connectivity index is 1.31. The summed E-state index contributed by atoms with van der Waals surface area (Å²) in [4.78, 5) is 59.4. The highest BCUT2D eigenvalue weighted by Gasteiger charge is 2.46. The number of fused-ring (bicyclic) bond motifs is 1. The van der Waals surface area contributed by atoms with E-state index in [1.54, 1.807) is 30.4 Å². The molecule has 1 aromatic heterocycles. The average Bonchev–Trinajstić information content (AvgIpc) is 3.56. The zero-order chi connectivity index (χ0) is 39.3. The summed E-state index contributed by atoms with van der Waals surface area (Å²) in [6.07, 6.45) is 1.86. The molecule has 2 unspecified atom stereocenters. The molecule has 0 aliphatic carbocycles. The van der Waals surface area contributed by atoms with E-state index >= 15 is 0 Å². The molecule has 4 N–H and O–H groups in total. The summed E-state index contributed by atoms with van der Waals surface area (Å²) in [6, 6.07) is 11.5. The quantitative estimate of drug-likeness (QED) is 0.0554. The van der Waals surface area contributed by atoms with Crippen molar-refractivity contribution in [1.29, 1.82) is 10.8 Å². The maximum Gasteiger partial charge on any atom is 0.266 e. The molecule has 2 aromatic carbocycles. The molecule has 11 nitrogen and oxygen atoms in total. The minimum Gasteiger partial charge on any atom is -0.493 e. The molecule has 282 valence electrons. The number of aryl methyl sites for hydroxylation is 3. The van der Waals surface area contributed by atoms with Crippen LogP contribution in [0.2, 0.25) is 0 Å². The minimum atomic E-state index is -1.06. The Bertz CT molecular complexity index is 2090. The lowest BCUT2D eigenvalue weighted by Crippen LogP contribution is -2.54. The second-order valence-electron chi connectivity index (χ2n) is 13.7. The molecular formula is C42H48N6O5S. The molecule has 2 aliphatic rings. The summed E-state index contributed by atoms with van der Waals surface area (Å²) in [5.41, 5.74) is 9.88. The van der Waals surface area contributed by atoms with Gasteiger partial charge < -0.3 is 20.9 Å². The molecule has 3 aromatic rings. The van der Waals surface area contributed by atoms with Gasteiger partial charge in [0.1, 0.15) is 11.8 Å². The van der Waals surface area contributed by atoms with Crippen molar-refractivity contribution in [1.82, 2.24) is 15.5 Å². The van der Waals surface area contributed by atoms with Crippen LogP contribution in [0, 0.1) is 37.5 Å². The molecule has 4 amide bonds. The Morgan fingerprint density at radius 3 is 2.43 bits per heavy atom. The SMILES string of the molecule is C=C=C(C[C@H](N=C(c1ccc(CC)cc1)c1c(C)sc(C)c1C)C(=N)C(C)C(C)=N)NCCCOc1cccc2c1C(=O)N(C1CCC(=O)NC1=O)C2=O. The van der Waals surface area contributed by atoms with E-state index in [2.05, 4.69) is 74.9 Å². The van der Waals surface area contributed by atoms with Gasteiger partial charge in [0.05, 0.1) is 35.2 Å². The lowest BCUT2D eigenvalue weighted by Gasteiger charge is -2.27. The van der Waals surface area contributed by atoms with Gasteiger partial charge in [-0.05, 0) is 70.2 Å². The number of nitrogens with one attached hydrogen (secondary N) is 4. The van der Waals surface area contributed by atoms with Crippen molar-refractivity contribution >= 4 is 52.1 Å². The normalized spacial score (nSPS) is 16.7. The second kappa shape index (κ2) is 17.1. The number of imide groups is 2. The van der Waals surface area contributed by atoms with Crippen molar-refractivity contribution in [2.45, 2.75) is 85.7 Å². The van der Waals surface area contributed by atoms with Gasteiger partial charge in [-0.2, -0.15) is 0 Å². The highest BCUT2D eigenvalue weighted by Crippen LogP contribution is 2.34. The van der Waals surface area contributed by atoms with Crippen LogP contribution < -0.4 is 15.4 Å². The second-order valence-corrected chi connectivity index (χ2v) is 15.2. The number of aliphatic imine (C=N–C) groups is 1. The van der Waals surface area contributed by atoms with E-state index in [-0.39, 0.29) is 36.3 Å². The third-order valence-electron chi connectivity index (χ3n) is 10.2. The van der Waals surface area contributed by atoms with Crippen molar-refractivity contribution in [2.75, 3.05) is 13.2 Å². The Morgan fingerprint density at radius 2 is 1.81 bits per heavy atom. The van der Waals surface area contributed by atoms with Crippen LogP contribution in [0.3, 0.4) is 0 Å². The molecule has 0 saturated carbocycles. The lowest BCUT2D eigenvalue weighted by molar-refractivity contribution is -0.136. The maximum atomic E-state index is 13.4. The highest BCUT2D eigenvalue weighted by molar-refractivity contribution is 7.12. The standard InChI is InChI=1S/C42H48N6O5S/c1-8-28-14-16-29(17-15-28)39(36-24(4)26(6)54-27(36)7)46-32(38(44)23(3)25(5)43)22-30(9-2)45-20-11-21-53-34-13-10-12-31-37(34)42(52)48(41(31)51)33-18-19-35(49)47-40(33)50/h10,12-17,23,32-33,43-45H,2,8,11,18-22H2,1,3-7H3,(H,47,49,50)/t23?,32-,33?/m0/s1. The average molecular weight is 749 g/mol. The van der Waals surface area contributed by atoms with Crippen molar-refractivity contribution in [3.8, 4) is 5.75 Å². The number of thiophene rings is 1. The Morgan fingerprint density at radius 1 is 1.09 bits per heavy atom. The number of piperidine rings is 1. The van der Waals surface area contributed by atoms with Crippen LogP contribution in [0.15, 0.2) is 65.5 Å². The van der Waals surface area contributed by atoms with Gasteiger partial charge in [-0.25, -0.2) is 0 Å². The van der Waals surface area contributed by atoms with Gasteiger partial charge in [0.25, 0.3) is 11.8 Å². The summed E-state index contributed by atoms with van der Waals surface area (Å²) < 4.78 is 6.01. The Labute approximate surface area is 320 Å². The number of carbonyl (C=O) groups excluding carboxylic acids is 4. The number of hydrogen-bond donors (Lipinski definition) is 4. The smallest absolute Gasteiger partial charge is 0.266 e. The van der Waals surface area contributed by atoms with Crippen LogP contribution >= 0.6 is 11.3 Å². The van der Waals surface area contributed by atoms with E-state index in [0.717, 1.165) is 38.6 Å². The van der Waals surface area contributed by atoms with Gasteiger partial charge in [-0.15, -0.1) is 17.1 Å². The fraction of sp³-hybridized carbons (Fsp3) is 0.381. The fourth-order valence-corrected chi connectivity index (χ4v) is 7.79. The molecule has 0 spiro atoms. The first-order chi connectivity index (χ1) is 25.8. The predicted octanol–water partition coefficient (Wildman–Crippen LogP) is 6.66. The topological polar surface area (TPSA) is 165 Å². The number of hydrogen-bond acceptors (Lipinski definition) is 10. The third-order valence-corrected chi connectivity index (χ3v) is 11.3. The molecule has 54 heavy (non-hydrogen) atoms. The van der Waals surface area contributed by atoms with Gasteiger partial charge >= 0.3 is 0 Å². The van der Waals surface area contributed by atoms with Crippen LogP contribution in [0.5, 0.6) is 5.75 Å². The van der Waals surface area contributed by atoms with E-state index in [1.807, 2.05) is 6.92 Å². The molecule has 1 saturated heterocycles.